The Morgan fingerprint density at radius 2 is 1.78 bits per heavy atom. The maximum atomic E-state index is 15.6. The van der Waals surface area contributed by atoms with Crippen molar-refractivity contribution in [3.63, 3.8) is 0 Å². The minimum atomic E-state index is -0.753. The molecule has 182 valence electrons. The molecule has 5 rings (SSSR count). The lowest BCUT2D eigenvalue weighted by molar-refractivity contribution is 0.0621. The molecule has 0 spiro atoms. The smallest absolute Gasteiger partial charge is 0.258 e. The molecule has 1 aliphatic heterocycles. The van der Waals surface area contributed by atoms with Crippen molar-refractivity contribution in [3.05, 3.63) is 106 Å². The van der Waals surface area contributed by atoms with Crippen LogP contribution in [0.25, 0.3) is 11.1 Å². The van der Waals surface area contributed by atoms with Gasteiger partial charge in [0.2, 0.25) is 5.95 Å². The lowest BCUT2D eigenvalue weighted by Gasteiger charge is -2.38. The molecule has 6 nitrogen and oxygen atoms in total. The van der Waals surface area contributed by atoms with Gasteiger partial charge in [-0.3, -0.25) is 4.79 Å². The van der Waals surface area contributed by atoms with Gasteiger partial charge in [0.1, 0.15) is 17.4 Å². The van der Waals surface area contributed by atoms with Crippen molar-refractivity contribution in [1.29, 1.82) is 0 Å². The molecule has 4 aromatic rings. The first-order chi connectivity index (χ1) is 17.4. The largest absolute Gasteiger partial charge is 0.497 e. The predicted octanol–water partition coefficient (Wildman–Crippen LogP) is 5.26. The number of nitrogens with zero attached hydrogens (tertiary/aromatic N) is 3. The minimum absolute atomic E-state index is 0.0456. The number of hydrogen-bond donors (Lipinski definition) is 1. The van der Waals surface area contributed by atoms with Crippen molar-refractivity contribution in [2.75, 3.05) is 12.8 Å². The average molecular weight is 487 g/mol. The molecule has 1 aromatic heterocycles. The quantitative estimate of drug-likeness (QED) is 0.416. The molecule has 2 heterocycles. The molecule has 1 amide bonds. The molecule has 8 heteroatoms. The number of carbonyl (C=O) groups is 1. The number of nitrogen functional groups attached to an aromatic ring is 1. The van der Waals surface area contributed by atoms with E-state index in [2.05, 4.69) is 9.97 Å². The molecule has 0 saturated heterocycles. The third-order valence-corrected chi connectivity index (χ3v) is 6.44. The topological polar surface area (TPSA) is 81.3 Å². The standard InChI is InChI=1S/C28H24F2N4O2/c1-16-25-23(33-28(31)32-16)14-24(34(27(25)35)15-17-6-4-3-5-7-17)26-21(12-19(29)13-22(26)30)18-8-10-20(36-2)11-9-18/h3-13,24H,14-15H2,1-2H3,(H2,31,32,33). The summed E-state index contributed by atoms with van der Waals surface area (Å²) in [5, 5.41) is 0. The summed E-state index contributed by atoms with van der Waals surface area (Å²) in [6.45, 7) is 1.93. The summed E-state index contributed by atoms with van der Waals surface area (Å²) in [4.78, 5) is 23.9. The molecular formula is C28H24F2N4O2. The molecule has 0 saturated carbocycles. The van der Waals surface area contributed by atoms with Crippen LogP contribution in [0, 0.1) is 18.6 Å². The van der Waals surface area contributed by atoms with Gasteiger partial charge >= 0.3 is 0 Å². The summed E-state index contributed by atoms with van der Waals surface area (Å²) in [6.07, 6.45) is 0.202. The zero-order valence-electron chi connectivity index (χ0n) is 19.8. The van der Waals surface area contributed by atoms with Crippen molar-refractivity contribution in [1.82, 2.24) is 14.9 Å². The number of carbonyl (C=O) groups excluding carboxylic acids is 1. The van der Waals surface area contributed by atoms with Crippen molar-refractivity contribution in [2.24, 2.45) is 0 Å². The first-order valence-corrected chi connectivity index (χ1v) is 11.5. The Balaban J connectivity index is 1.70. The van der Waals surface area contributed by atoms with E-state index >= 15 is 4.39 Å². The minimum Gasteiger partial charge on any atom is -0.497 e. The summed E-state index contributed by atoms with van der Waals surface area (Å²) in [6, 6.07) is 17.8. The van der Waals surface area contributed by atoms with E-state index in [0.717, 1.165) is 11.6 Å². The number of hydrogen-bond acceptors (Lipinski definition) is 5. The zero-order chi connectivity index (χ0) is 25.4. The number of methoxy groups -OCH3 is 1. The monoisotopic (exact) mass is 486 g/mol. The number of amides is 1. The summed E-state index contributed by atoms with van der Waals surface area (Å²) in [5.74, 6) is -1.11. The zero-order valence-corrected chi connectivity index (χ0v) is 19.8. The molecular weight excluding hydrogens is 462 g/mol. The number of rotatable bonds is 5. The highest BCUT2D eigenvalue weighted by atomic mass is 19.1. The van der Waals surface area contributed by atoms with Gasteiger partial charge in [0.25, 0.3) is 5.91 Å². The molecule has 1 aliphatic rings. The highest BCUT2D eigenvalue weighted by molar-refractivity contribution is 5.98. The van der Waals surface area contributed by atoms with E-state index in [9.17, 15) is 9.18 Å². The fourth-order valence-electron chi connectivity index (χ4n) is 4.81. The van der Waals surface area contributed by atoms with E-state index < -0.39 is 17.7 Å². The summed E-state index contributed by atoms with van der Waals surface area (Å²) >= 11 is 0. The van der Waals surface area contributed by atoms with Gasteiger partial charge < -0.3 is 15.4 Å². The predicted molar refractivity (Wildman–Crippen MR) is 132 cm³/mol. The summed E-state index contributed by atoms with van der Waals surface area (Å²) in [7, 11) is 1.55. The Hall–Kier alpha value is -4.33. The van der Waals surface area contributed by atoms with Crippen molar-refractivity contribution in [2.45, 2.75) is 25.9 Å². The Bertz CT molecular complexity index is 1440. The first-order valence-electron chi connectivity index (χ1n) is 11.5. The average Bonchev–Trinajstić information content (AvgIpc) is 2.85. The molecule has 0 bridgehead atoms. The fourth-order valence-corrected chi connectivity index (χ4v) is 4.81. The van der Waals surface area contributed by atoms with Gasteiger partial charge in [-0.1, -0.05) is 42.5 Å². The van der Waals surface area contributed by atoms with E-state index in [4.69, 9.17) is 10.5 Å². The number of fused-ring (bicyclic) bond motifs is 1. The maximum Gasteiger partial charge on any atom is 0.258 e. The fraction of sp³-hybridized carbons (Fsp3) is 0.179. The Labute approximate surface area is 207 Å². The van der Waals surface area contributed by atoms with Crippen LogP contribution in [-0.2, 0) is 13.0 Å². The summed E-state index contributed by atoms with van der Waals surface area (Å²) in [5.41, 5.74) is 9.21. The normalized spacial score (nSPS) is 15.1. The van der Waals surface area contributed by atoms with E-state index in [1.807, 2.05) is 30.3 Å². The summed E-state index contributed by atoms with van der Waals surface area (Å²) < 4.78 is 35.4. The van der Waals surface area contributed by atoms with Gasteiger partial charge in [0.05, 0.1) is 30.1 Å². The lowest BCUT2D eigenvalue weighted by atomic mass is 9.86. The first kappa shape index (κ1) is 23.4. The van der Waals surface area contributed by atoms with Crippen molar-refractivity contribution in [3.8, 4) is 16.9 Å². The number of aryl methyl sites for hydroxylation is 1. The van der Waals surface area contributed by atoms with Gasteiger partial charge in [0, 0.05) is 24.6 Å². The molecule has 36 heavy (non-hydrogen) atoms. The number of anilines is 1. The van der Waals surface area contributed by atoms with Gasteiger partial charge in [-0.15, -0.1) is 0 Å². The number of ether oxygens (including phenoxy) is 1. The third kappa shape index (κ3) is 4.26. The van der Waals surface area contributed by atoms with Gasteiger partial charge in [0.15, 0.2) is 0 Å². The van der Waals surface area contributed by atoms with Crippen LogP contribution < -0.4 is 10.5 Å². The molecule has 3 aromatic carbocycles. The Morgan fingerprint density at radius 1 is 1.06 bits per heavy atom. The number of halogens is 2. The van der Waals surface area contributed by atoms with Gasteiger partial charge in [-0.25, -0.2) is 18.7 Å². The van der Waals surface area contributed by atoms with E-state index in [0.29, 0.717) is 33.8 Å². The second-order valence-corrected chi connectivity index (χ2v) is 8.70. The SMILES string of the molecule is COc1ccc(-c2cc(F)cc(F)c2C2Cc3nc(N)nc(C)c3C(=O)N2Cc2ccccc2)cc1. The van der Waals surface area contributed by atoms with Gasteiger partial charge in [-0.2, -0.15) is 0 Å². The van der Waals surface area contributed by atoms with Crippen LogP contribution in [0.2, 0.25) is 0 Å². The molecule has 0 radical (unpaired) electrons. The number of nitrogens with two attached hydrogens (primary N) is 1. The van der Waals surface area contributed by atoms with Crippen LogP contribution in [-0.4, -0.2) is 27.9 Å². The van der Waals surface area contributed by atoms with Crippen LogP contribution in [0.15, 0.2) is 66.7 Å². The molecule has 0 aliphatic carbocycles. The van der Waals surface area contributed by atoms with Crippen LogP contribution in [0.4, 0.5) is 14.7 Å². The molecule has 1 unspecified atom stereocenters. The van der Waals surface area contributed by atoms with Crippen LogP contribution >= 0.6 is 0 Å². The third-order valence-electron chi connectivity index (χ3n) is 6.44. The molecule has 0 fully saturated rings. The van der Waals surface area contributed by atoms with Gasteiger partial charge in [-0.05, 0) is 41.8 Å². The van der Waals surface area contributed by atoms with E-state index in [-0.39, 0.29) is 30.4 Å². The van der Waals surface area contributed by atoms with Crippen molar-refractivity contribution >= 4 is 11.9 Å². The van der Waals surface area contributed by atoms with Crippen molar-refractivity contribution < 1.29 is 18.3 Å². The second-order valence-electron chi connectivity index (χ2n) is 8.70. The Kier molecular flexibility index (Phi) is 6.10. The van der Waals surface area contributed by atoms with Crippen LogP contribution in [0.1, 0.15) is 38.9 Å². The highest BCUT2D eigenvalue weighted by Crippen LogP contribution is 2.41. The van der Waals surface area contributed by atoms with E-state index in [1.54, 1.807) is 43.2 Å². The van der Waals surface area contributed by atoms with E-state index in [1.165, 1.54) is 6.07 Å². The number of aromatic nitrogens is 2. The lowest BCUT2D eigenvalue weighted by Crippen LogP contribution is -2.41. The Morgan fingerprint density at radius 3 is 2.47 bits per heavy atom. The highest BCUT2D eigenvalue weighted by Gasteiger charge is 2.38. The second kappa shape index (κ2) is 9.37. The van der Waals surface area contributed by atoms with Crippen LogP contribution in [0.3, 0.4) is 0 Å². The maximum absolute atomic E-state index is 15.6. The van der Waals surface area contributed by atoms with Crippen LogP contribution in [0.5, 0.6) is 5.75 Å². The number of benzene rings is 3. The molecule has 2 N–H and O–H groups in total. The molecule has 1 atom stereocenters.